The molecule has 1 aliphatic rings. The molecule has 0 radical (unpaired) electrons. The summed E-state index contributed by atoms with van der Waals surface area (Å²) in [7, 11) is 3.41. The van der Waals surface area contributed by atoms with Crippen LogP contribution in [0.4, 0.5) is 5.69 Å². The molecular weight excluding hydrogens is 300 g/mol. The molecule has 2 rings (SSSR count). The van der Waals surface area contributed by atoms with E-state index < -0.39 is 0 Å². The summed E-state index contributed by atoms with van der Waals surface area (Å²) in [6.07, 6.45) is 0.471. The van der Waals surface area contributed by atoms with Gasteiger partial charge in [-0.1, -0.05) is 11.8 Å². The van der Waals surface area contributed by atoms with Crippen molar-refractivity contribution in [1.82, 2.24) is 4.90 Å². The van der Waals surface area contributed by atoms with Crippen LogP contribution in [-0.4, -0.2) is 48.2 Å². The lowest BCUT2D eigenvalue weighted by Crippen LogP contribution is -2.25. The van der Waals surface area contributed by atoms with Gasteiger partial charge in [0.15, 0.2) is 5.12 Å². The third-order valence-electron chi connectivity index (χ3n) is 3.56. The summed E-state index contributed by atoms with van der Waals surface area (Å²) in [6, 6.07) is 7.08. The van der Waals surface area contributed by atoms with E-state index in [0.717, 1.165) is 5.69 Å². The zero-order chi connectivity index (χ0) is 16.3. The van der Waals surface area contributed by atoms with Crippen molar-refractivity contribution in [2.45, 2.75) is 13.3 Å². The highest BCUT2D eigenvalue weighted by Gasteiger charge is 2.30. The maximum absolute atomic E-state index is 12.1. The number of hydrogen-bond donors (Lipinski definition) is 0. The molecule has 6 heteroatoms. The first kappa shape index (κ1) is 16.5. The van der Waals surface area contributed by atoms with Crippen molar-refractivity contribution in [2.24, 2.45) is 5.92 Å². The first-order valence-corrected chi connectivity index (χ1v) is 8.12. The predicted octanol–water partition coefficient (Wildman–Crippen LogP) is 2.02. The molecular formula is C16H20N2O3S. The van der Waals surface area contributed by atoms with Gasteiger partial charge in [0.2, 0.25) is 5.91 Å². The second-order valence-electron chi connectivity index (χ2n) is 5.62. The molecule has 0 aliphatic carbocycles. The Balaban J connectivity index is 2.04. The number of hydrogen-bond acceptors (Lipinski definition) is 4. The first-order chi connectivity index (χ1) is 10.4. The Bertz CT molecular complexity index is 584. The number of amides is 2. The highest BCUT2D eigenvalue weighted by atomic mass is 32.2. The lowest BCUT2D eigenvalue weighted by Gasteiger charge is -2.17. The second-order valence-corrected chi connectivity index (χ2v) is 6.82. The Morgan fingerprint density at radius 1 is 1.27 bits per heavy atom. The summed E-state index contributed by atoms with van der Waals surface area (Å²) >= 11 is 1.27. The van der Waals surface area contributed by atoms with Gasteiger partial charge in [-0.15, -0.1) is 0 Å². The monoisotopic (exact) mass is 320 g/mol. The van der Waals surface area contributed by atoms with E-state index in [9.17, 15) is 14.4 Å². The van der Waals surface area contributed by atoms with Gasteiger partial charge in [-0.05, 0) is 30.2 Å². The van der Waals surface area contributed by atoms with E-state index in [1.54, 1.807) is 50.2 Å². The fourth-order valence-electron chi connectivity index (χ4n) is 2.42. The molecule has 0 N–H and O–H groups in total. The molecule has 22 heavy (non-hydrogen) atoms. The van der Waals surface area contributed by atoms with Crippen LogP contribution < -0.4 is 4.90 Å². The maximum atomic E-state index is 12.1. The Kier molecular flexibility index (Phi) is 5.24. The topological polar surface area (TPSA) is 57.7 Å². The minimum Gasteiger partial charge on any atom is -0.345 e. The number of carbonyl (C=O) groups excluding carboxylic acids is 3. The molecule has 1 heterocycles. The Labute approximate surface area is 134 Å². The smallest absolute Gasteiger partial charge is 0.253 e. The van der Waals surface area contributed by atoms with E-state index in [0.29, 0.717) is 24.3 Å². The number of benzene rings is 1. The van der Waals surface area contributed by atoms with Crippen LogP contribution in [0.25, 0.3) is 0 Å². The third-order valence-corrected chi connectivity index (χ3v) is 4.60. The largest absolute Gasteiger partial charge is 0.345 e. The van der Waals surface area contributed by atoms with Crippen LogP contribution in [0.1, 0.15) is 23.7 Å². The Morgan fingerprint density at radius 3 is 2.45 bits per heavy atom. The summed E-state index contributed by atoms with van der Waals surface area (Å²) in [5, 5.41) is 0.0810. The molecule has 1 unspecified atom stereocenters. The van der Waals surface area contributed by atoms with Crippen LogP contribution in [0.5, 0.6) is 0 Å². The molecule has 1 aliphatic heterocycles. The van der Waals surface area contributed by atoms with Gasteiger partial charge in [-0.25, -0.2) is 0 Å². The Morgan fingerprint density at radius 2 is 1.91 bits per heavy atom. The predicted molar refractivity (Wildman–Crippen MR) is 88.1 cm³/mol. The molecule has 0 saturated carbocycles. The number of thioether (sulfide) groups is 1. The lowest BCUT2D eigenvalue weighted by molar-refractivity contribution is -0.117. The molecule has 2 amide bonds. The minimum absolute atomic E-state index is 0.0602. The van der Waals surface area contributed by atoms with E-state index in [4.69, 9.17) is 0 Å². The van der Waals surface area contributed by atoms with Crippen LogP contribution in [0.15, 0.2) is 24.3 Å². The van der Waals surface area contributed by atoms with Gasteiger partial charge in [-0.3, -0.25) is 14.4 Å². The van der Waals surface area contributed by atoms with Gasteiger partial charge in [0.1, 0.15) is 0 Å². The van der Waals surface area contributed by atoms with E-state index in [1.165, 1.54) is 16.7 Å². The summed E-state index contributed by atoms with van der Waals surface area (Å²) in [4.78, 5) is 38.2. The summed E-state index contributed by atoms with van der Waals surface area (Å²) in [5.41, 5.74) is 1.40. The summed E-state index contributed by atoms with van der Waals surface area (Å²) in [5.74, 6) is 0.884. The Hall–Kier alpha value is -1.82. The number of carbonyl (C=O) groups is 3. The average Bonchev–Trinajstić information content (AvgIpc) is 2.85. The standard InChI is InChI=1S/C16H20N2O3S/c1-11(19)22-10-12-8-15(20)18(9-12)14-6-4-13(5-7-14)16(21)17(2)3/h4-7,12H,8-10H2,1-3H3. The van der Waals surface area contributed by atoms with Crippen LogP contribution in [0.2, 0.25) is 0 Å². The van der Waals surface area contributed by atoms with Crippen molar-refractivity contribution in [2.75, 3.05) is 31.3 Å². The van der Waals surface area contributed by atoms with Crippen molar-refractivity contribution in [3.63, 3.8) is 0 Å². The minimum atomic E-state index is -0.0602. The lowest BCUT2D eigenvalue weighted by atomic mass is 10.1. The zero-order valence-corrected chi connectivity index (χ0v) is 13.9. The fourth-order valence-corrected chi connectivity index (χ4v) is 3.11. The van der Waals surface area contributed by atoms with Crippen LogP contribution in [-0.2, 0) is 9.59 Å². The third kappa shape index (κ3) is 3.88. The van der Waals surface area contributed by atoms with Crippen LogP contribution in [0, 0.1) is 5.92 Å². The molecule has 118 valence electrons. The van der Waals surface area contributed by atoms with Gasteiger partial charge in [0.05, 0.1) is 0 Å². The second kappa shape index (κ2) is 6.96. The molecule has 5 nitrogen and oxygen atoms in total. The van der Waals surface area contributed by atoms with Gasteiger partial charge in [0, 0.05) is 51.0 Å². The normalized spacial score (nSPS) is 17.7. The quantitative estimate of drug-likeness (QED) is 0.852. The van der Waals surface area contributed by atoms with E-state index in [1.807, 2.05) is 0 Å². The average molecular weight is 320 g/mol. The number of nitrogens with zero attached hydrogens (tertiary/aromatic N) is 2. The van der Waals surface area contributed by atoms with Gasteiger partial charge in [-0.2, -0.15) is 0 Å². The van der Waals surface area contributed by atoms with E-state index in [-0.39, 0.29) is 22.8 Å². The highest BCUT2D eigenvalue weighted by molar-refractivity contribution is 8.13. The highest BCUT2D eigenvalue weighted by Crippen LogP contribution is 2.27. The number of rotatable bonds is 4. The summed E-state index contributed by atoms with van der Waals surface area (Å²) in [6.45, 7) is 2.17. The molecule has 0 spiro atoms. The SMILES string of the molecule is CC(=O)SCC1CC(=O)N(c2ccc(C(=O)N(C)C)cc2)C1. The molecule has 1 aromatic rings. The van der Waals surface area contributed by atoms with Crippen LogP contribution in [0.3, 0.4) is 0 Å². The van der Waals surface area contributed by atoms with E-state index >= 15 is 0 Å². The molecule has 1 saturated heterocycles. The van der Waals surface area contributed by atoms with Crippen LogP contribution >= 0.6 is 11.8 Å². The molecule has 1 atom stereocenters. The van der Waals surface area contributed by atoms with Gasteiger partial charge >= 0.3 is 0 Å². The molecule has 1 fully saturated rings. The van der Waals surface area contributed by atoms with E-state index in [2.05, 4.69) is 0 Å². The van der Waals surface area contributed by atoms with Crippen molar-refractivity contribution in [3.05, 3.63) is 29.8 Å². The first-order valence-electron chi connectivity index (χ1n) is 7.14. The maximum Gasteiger partial charge on any atom is 0.253 e. The van der Waals surface area contributed by atoms with Crippen molar-refractivity contribution < 1.29 is 14.4 Å². The summed E-state index contributed by atoms with van der Waals surface area (Å²) < 4.78 is 0. The molecule has 0 bridgehead atoms. The zero-order valence-electron chi connectivity index (χ0n) is 13.0. The van der Waals surface area contributed by atoms with Gasteiger partial charge in [0.25, 0.3) is 5.91 Å². The van der Waals surface area contributed by atoms with Crippen molar-refractivity contribution in [3.8, 4) is 0 Å². The number of anilines is 1. The van der Waals surface area contributed by atoms with Crippen molar-refractivity contribution in [1.29, 1.82) is 0 Å². The fraction of sp³-hybridized carbons (Fsp3) is 0.438. The molecule has 1 aromatic carbocycles. The van der Waals surface area contributed by atoms with Crippen molar-refractivity contribution >= 4 is 34.4 Å². The molecule has 0 aromatic heterocycles. The van der Waals surface area contributed by atoms with Gasteiger partial charge < -0.3 is 9.80 Å².